The molecule has 120 valence electrons. The zero-order valence-electron chi connectivity index (χ0n) is 13.4. The SMILES string of the molecule is CCCS(=O)(=O)c1ccccc1NC(CCO)C(C)(C)C. The first-order valence-electron chi connectivity index (χ1n) is 7.41. The number of para-hydroxylation sites is 1. The lowest BCUT2D eigenvalue weighted by molar-refractivity contribution is 0.235. The molecule has 0 saturated carbocycles. The number of aliphatic hydroxyl groups excluding tert-OH is 1. The van der Waals surface area contributed by atoms with Crippen LogP contribution in [0.5, 0.6) is 0 Å². The molecule has 0 heterocycles. The van der Waals surface area contributed by atoms with Crippen LogP contribution in [0.1, 0.15) is 40.5 Å². The van der Waals surface area contributed by atoms with Gasteiger partial charge in [0.1, 0.15) is 0 Å². The highest BCUT2D eigenvalue weighted by Crippen LogP contribution is 2.29. The van der Waals surface area contributed by atoms with Gasteiger partial charge in [-0.25, -0.2) is 8.42 Å². The summed E-state index contributed by atoms with van der Waals surface area (Å²) in [5.41, 5.74) is 0.545. The van der Waals surface area contributed by atoms with Gasteiger partial charge in [-0.1, -0.05) is 39.8 Å². The van der Waals surface area contributed by atoms with Gasteiger partial charge in [0.15, 0.2) is 9.84 Å². The first-order valence-corrected chi connectivity index (χ1v) is 9.06. The molecule has 0 bridgehead atoms. The number of aliphatic hydroxyl groups is 1. The molecule has 21 heavy (non-hydrogen) atoms. The van der Waals surface area contributed by atoms with Crippen LogP contribution in [-0.2, 0) is 9.84 Å². The predicted molar refractivity (Wildman–Crippen MR) is 87.4 cm³/mol. The summed E-state index contributed by atoms with van der Waals surface area (Å²) in [6.45, 7) is 8.15. The lowest BCUT2D eigenvalue weighted by atomic mass is 9.85. The Balaban J connectivity index is 3.14. The van der Waals surface area contributed by atoms with Crippen LogP contribution in [0.15, 0.2) is 29.2 Å². The third-order valence-corrected chi connectivity index (χ3v) is 5.46. The number of rotatable bonds is 7. The van der Waals surface area contributed by atoms with Crippen LogP contribution in [0.4, 0.5) is 5.69 Å². The number of sulfone groups is 1. The summed E-state index contributed by atoms with van der Waals surface area (Å²) in [4.78, 5) is 0.346. The molecule has 0 saturated heterocycles. The molecular weight excluding hydrogens is 286 g/mol. The van der Waals surface area contributed by atoms with Crippen molar-refractivity contribution < 1.29 is 13.5 Å². The molecular formula is C16H27NO3S. The second-order valence-electron chi connectivity index (χ2n) is 6.39. The van der Waals surface area contributed by atoms with Crippen LogP contribution in [0.2, 0.25) is 0 Å². The maximum atomic E-state index is 12.4. The van der Waals surface area contributed by atoms with Crippen molar-refractivity contribution in [2.24, 2.45) is 5.41 Å². The van der Waals surface area contributed by atoms with Gasteiger partial charge in [-0.05, 0) is 30.4 Å². The summed E-state index contributed by atoms with van der Waals surface area (Å²) in [7, 11) is -3.27. The molecule has 0 spiro atoms. The van der Waals surface area contributed by atoms with Crippen molar-refractivity contribution in [3.05, 3.63) is 24.3 Å². The quantitative estimate of drug-likeness (QED) is 0.812. The third-order valence-electron chi connectivity index (χ3n) is 3.49. The van der Waals surface area contributed by atoms with Gasteiger partial charge in [-0.3, -0.25) is 0 Å². The molecule has 4 nitrogen and oxygen atoms in total. The fourth-order valence-corrected chi connectivity index (χ4v) is 3.78. The molecule has 0 aliphatic carbocycles. The summed E-state index contributed by atoms with van der Waals surface area (Å²) in [6, 6.07) is 7.00. The van der Waals surface area contributed by atoms with Crippen molar-refractivity contribution in [1.82, 2.24) is 0 Å². The minimum atomic E-state index is -3.27. The van der Waals surface area contributed by atoms with E-state index in [9.17, 15) is 13.5 Å². The van der Waals surface area contributed by atoms with Gasteiger partial charge in [0.05, 0.1) is 16.3 Å². The molecule has 2 N–H and O–H groups in total. The number of hydrogen-bond acceptors (Lipinski definition) is 4. The topological polar surface area (TPSA) is 66.4 Å². The van der Waals surface area contributed by atoms with E-state index in [1.165, 1.54) is 0 Å². The van der Waals surface area contributed by atoms with E-state index in [0.717, 1.165) is 0 Å². The minimum Gasteiger partial charge on any atom is -0.396 e. The predicted octanol–water partition coefficient (Wildman–Crippen LogP) is 3.08. The normalized spacial score (nSPS) is 14.0. The van der Waals surface area contributed by atoms with Gasteiger partial charge in [0.25, 0.3) is 0 Å². The average molecular weight is 313 g/mol. The van der Waals surface area contributed by atoms with Crippen molar-refractivity contribution in [2.75, 3.05) is 17.7 Å². The Morgan fingerprint density at radius 2 is 1.86 bits per heavy atom. The molecule has 0 aromatic heterocycles. The number of benzene rings is 1. The molecule has 1 aromatic rings. The first kappa shape index (κ1) is 18.0. The molecule has 0 radical (unpaired) electrons. The Hall–Kier alpha value is -1.07. The fraction of sp³-hybridized carbons (Fsp3) is 0.625. The molecule has 1 aromatic carbocycles. The summed E-state index contributed by atoms with van der Waals surface area (Å²) < 4.78 is 24.7. The van der Waals surface area contributed by atoms with E-state index in [1.54, 1.807) is 18.2 Å². The van der Waals surface area contributed by atoms with Crippen molar-refractivity contribution in [2.45, 2.75) is 51.5 Å². The number of hydrogen-bond donors (Lipinski definition) is 2. The Morgan fingerprint density at radius 1 is 1.24 bits per heavy atom. The summed E-state index contributed by atoms with van der Waals surface area (Å²) in [5, 5.41) is 12.5. The van der Waals surface area contributed by atoms with Crippen molar-refractivity contribution >= 4 is 15.5 Å². The third kappa shape index (κ3) is 5.00. The van der Waals surface area contributed by atoms with Crippen molar-refractivity contribution in [3.8, 4) is 0 Å². The van der Waals surface area contributed by atoms with E-state index in [0.29, 0.717) is 23.4 Å². The van der Waals surface area contributed by atoms with Crippen LogP contribution in [0.25, 0.3) is 0 Å². The standard InChI is InChI=1S/C16H27NO3S/c1-5-12-21(19,20)14-9-7-6-8-13(14)17-15(10-11-18)16(2,3)4/h6-9,15,17-18H,5,10-12H2,1-4H3. The molecule has 0 aliphatic rings. The second-order valence-corrected chi connectivity index (χ2v) is 8.47. The average Bonchev–Trinajstić information content (AvgIpc) is 2.37. The Bertz CT molecular complexity index is 547. The summed E-state index contributed by atoms with van der Waals surface area (Å²) >= 11 is 0. The van der Waals surface area contributed by atoms with E-state index in [-0.39, 0.29) is 23.8 Å². The van der Waals surface area contributed by atoms with E-state index in [4.69, 9.17) is 0 Å². The molecule has 1 rings (SSSR count). The van der Waals surface area contributed by atoms with Gasteiger partial charge in [-0.15, -0.1) is 0 Å². The van der Waals surface area contributed by atoms with Gasteiger partial charge in [0, 0.05) is 12.6 Å². The lowest BCUT2D eigenvalue weighted by Gasteiger charge is -2.32. The first-order chi connectivity index (χ1) is 9.72. The maximum Gasteiger partial charge on any atom is 0.180 e. The zero-order valence-corrected chi connectivity index (χ0v) is 14.2. The Labute approximate surface area is 128 Å². The molecule has 0 aliphatic heterocycles. The van der Waals surface area contributed by atoms with Crippen LogP contribution in [0.3, 0.4) is 0 Å². The van der Waals surface area contributed by atoms with Gasteiger partial charge in [-0.2, -0.15) is 0 Å². The molecule has 1 atom stereocenters. The Kier molecular flexibility index (Phi) is 6.23. The maximum absolute atomic E-state index is 12.4. The highest BCUT2D eigenvalue weighted by molar-refractivity contribution is 7.91. The fourth-order valence-electron chi connectivity index (χ4n) is 2.27. The van der Waals surface area contributed by atoms with E-state index < -0.39 is 9.84 Å². The van der Waals surface area contributed by atoms with Crippen LogP contribution in [0, 0.1) is 5.41 Å². The van der Waals surface area contributed by atoms with Crippen LogP contribution >= 0.6 is 0 Å². The van der Waals surface area contributed by atoms with Crippen molar-refractivity contribution in [1.29, 1.82) is 0 Å². The smallest absolute Gasteiger partial charge is 0.180 e. The zero-order chi connectivity index (χ0) is 16.1. The highest BCUT2D eigenvalue weighted by atomic mass is 32.2. The molecule has 1 unspecified atom stereocenters. The van der Waals surface area contributed by atoms with E-state index in [2.05, 4.69) is 26.1 Å². The summed E-state index contributed by atoms with van der Waals surface area (Å²) in [5.74, 6) is 0.145. The summed E-state index contributed by atoms with van der Waals surface area (Å²) in [6.07, 6.45) is 1.17. The monoisotopic (exact) mass is 313 g/mol. The van der Waals surface area contributed by atoms with Gasteiger partial charge < -0.3 is 10.4 Å². The van der Waals surface area contributed by atoms with Crippen LogP contribution < -0.4 is 5.32 Å². The lowest BCUT2D eigenvalue weighted by Crippen LogP contribution is -2.35. The van der Waals surface area contributed by atoms with E-state index >= 15 is 0 Å². The Morgan fingerprint density at radius 3 is 2.38 bits per heavy atom. The van der Waals surface area contributed by atoms with Crippen molar-refractivity contribution in [3.63, 3.8) is 0 Å². The van der Waals surface area contributed by atoms with Crippen LogP contribution in [-0.4, -0.2) is 31.9 Å². The molecule has 5 heteroatoms. The van der Waals surface area contributed by atoms with E-state index in [1.807, 2.05) is 13.0 Å². The van der Waals surface area contributed by atoms with Gasteiger partial charge >= 0.3 is 0 Å². The molecule has 0 amide bonds. The minimum absolute atomic E-state index is 0.000441. The van der Waals surface area contributed by atoms with Gasteiger partial charge in [0.2, 0.25) is 0 Å². The molecule has 0 fully saturated rings. The largest absolute Gasteiger partial charge is 0.396 e. The second kappa shape index (κ2) is 7.27. The highest BCUT2D eigenvalue weighted by Gasteiger charge is 2.26. The number of nitrogens with one attached hydrogen (secondary N) is 1. The number of anilines is 1.